The van der Waals surface area contributed by atoms with Crippen molar-refractivity contribution in [1.82, 2.24) is 14.8 Å². The van der Waals surface area contributed by atoms with Crippen LogP contribution in [-0.4, -0.2) is 81.9 Å². The number of rotatable bonds is 5. The average molecular weight is 510 g/mol. The number of aliphatic hydroxyl groups is 1. The van der Waals surface area contributed by atoms with Crippen molar-refractivity contribution in [1.29, 1.82) is 0 Å². The van der Waals surface area contributed by atoms with Crippen molar-refractivity contribution in [3.8, 4) is 0 Å². The number of aryl methyl sites for hydroxylation is 1. The molecule has 7 nitrogen and oxygen atoms in total. The molecule has 1 aromatic heterocycles. The van der Waals surface area contributed by atoms with Gasteiger partial charge in [0.1, 0.15) is 11.5 Å². The first-order chi connectivity index (χ1) is 16.9. The van der Waals surface area contributed by atoms with Crippen LogP contribution in [0.1, 0.15) is 21.6 Å². The Morgan fingerprint density at radius 2 is 1.69 bits per heavy atom. The Bertz CT molecular complexity index is 1170. The summed E-state index contributed by atoms with van der Waals surface area (Å²) in [6.07, 6.45) is -5.11. The number of aliphatic hydroxyl groups excluding tert-OH is 1. The van der Waals surface area contributed by atoms with Crippen LogP contribution < -0.4 is 0 Å². The summed E-state index contributed by atoms with van der Waals surface area (Å²) in [6.45, 7) is 5.00. The van der Waals surface area contributed by atoms with E-state index in [1.165, 1.54) is 6.07 Å². The van der Waals surface area contributed by atoms with Gasteiger partial charge in [-0.05, 0) is 42.7 Å². The van der Waals surface area contributed by atoms with Crippen LogP contribution in [-0.2, 0) is 11.2 Å². The minimum Gasteiger partial charge on any atom is -0.475 e. The molecule has 2 heterocycles. The molecule has 1 aliphatic heterocycles. The number of alkyl halides is 3. The number of benzene rings is 2. The average Bonchev–Trinajstić information content (AvgIpc) is 3.26. The summed E-state index contributed by atoms with van der Waals surface area (Å²) in [7, 11) is 0. The van der Waals surface area contributed by atoms with Crippen molar-refractivity contribution in [3.05, 3.63) is 71.2 Å². The number of halogens is 4. The van der Waals surface area contributed by atoms with Crippen LogP contribution in [0, 0.1) is 12.7 Å². The normalized spacial score (nSPS) is 15.3. The Kier molecular flexibility index (Phi) is 8.70. The molecule has 1 amide bonds. The molecular formula is C25H27F4N3O4. The van der Waals surface area contributed by atoms with Gasteiger partial charge in [0.25, 0.3) is 5.91 Å². The number of aliphatic carboxylic acids is 1. The second-order valence-electron chi connectivity index (χ2n) is 8.61. The number of β-amino-alcohol motifs (C(OH)–C–C–N with tert-alkyl or cyclic N) is 1. The number of hydrogen-bond acceptors (Lipinski definition) is 4. The highest BCUT2D eigenvalue weighted by atomic mass is 19.4. The lowest BCUT2D eigenvalue weighted by molar-refractivity contribution is -0.192. The van der Waals surface area contributed by atoms with Gasteiger partial charge in [0.15, 0.2) is 0 Å². The molecule has 36 heavy (non-hydrogen) atoms. The molecule has 11 heteroatoms. The zero-order valence-electron chi connectivity index (χ0n) is 19.6. The van der Waals surface area contributed by atoms with E-state index in [-0.39, 0.29) is 11.7 Å². The molecule has 2 aromatic carbocycles. The standard InChI is InChI=1S/C23H26FN3O2.C2HF3O2/c1-16-12-17(6-7-20(16)24)13-19(28)15-26-8-10-27(11-9-26)23(29)22-14-18-4-2-3-5-21(18)25-22;3-2(4,5)1(6)7/h2-7,12,14,19,25,28H,8-11,13,15H2,1H3;(H,6,7). The van der Waals surface area contributed by atoms with Gasteiger partial charge in [-0.15, -0.1) is 0 Å². The quantitative estimate of drug-likeness (QED) is 0.457. The highest BCUT2D eigenvalue weighted by molar-refractivity contribution is 5.98. The molecule has 3 aromatic rings. The van der Waals surface area contributed by atoms with E-state index in [1.54, 1.807) is 19.1 Å². The van der Waals surface area contributed by atoms with Crippen molar-refractivity contribution in [2.45, 2.75) is 25.6 Å². The van der Waals surface area contributed by atoms with Crippen LogP contribution in [0.15, 0.2) is 48.5 Å². The summed E-state index contributed by atoms with van der Waals surface area (Å²) in [6, 6.07) is 14.7. The minimum absolute atomic E-state index is 0.0168. The number of carbonyl (C=O) groups is 2. The molecular weight excluding hydrogens is 482 g/mol. The third-order valence-electron chi connectivity index (χ3n) is 5.83. The van der Waals surface area contributed by atoms with Gasteiger partial charge < -0.3 is 20.1 Å². The first-order valence-electron chi connectivity index (χ1n) is 11.3. The molecule has 1 saturated heterocycles. The van der Waals surface area contributed by atoms with E-state index in [4.69, 9.17) is 9.90 Å². The minimum atomic E-state index is -5.08. The largest absolute Gasteiger partial charge is 0.490 e. The Hall–Kier alpha value is -3.44. The molecule has 4 rings (SSSR count). The number of carboxylic acids is 1. The van der Waals surface area contributed by atoms with Gasteiger partial charge in [0, 0.05) is 43.6 Å². The smallest absolute Gasteiger partial charge is 0.475 e. The Balaban J connectivity index is 0.000000454. The lowest BCUT2D eigenvalue weighted by atomic mass is 10.0. The molecule has 0 spiro atoms. The van der Waals surface area contributed by atoms with Gasteiger partial charge in [-0.3, -0.25) is 9.69 Å². The molecule has 1 aliphatic rings. The molecule has 1 atom stereocenters. The highest BCUT2D eigenvalue weighted by Gasteiger charge is 2.38. The maximum atomic E-state index is 13.4. The number of piperazine rings is 1. The lowest BCUT2D eigenvalue weighted by Crippen LogP contribution is -2.50. The topological polar surface area (TPSA) is 96.9 Å². The number of nitrogens with one attached hydrogen (secondary N) is 1. The number of amides is 1. The lowest BCUT2D eigenvalue weighted by Gasteiger charge is -2.35. The molecule has 0 radical (unpaired) electrons. The van der Waals surface area contributed by atoms with Crippen LogP contribution in [0.2, 0.25) is 0 Å². The zero-order valence-corrected chi connectivity index (χ0v) is 19.6. The summed E-state index contributed by atoms with van der Waals surface area (Å²) in [5.74, 6) is -2.96. The van der Waals surface area contributed by atoms with Crippen molar-refractivity contribution < 1.29 is 37.4 Å². The second kappa shape index (κ2) is 11.5. The Labute approximate surface area is 204 Å². The number of H-pyrrole nitrogens is 1. The summed E-state index contributed by atoms with van der Waals surface area (Å²) >= 11 is 0. The predicted molar refractivity (Wildman–Crippen MR) is 125 cm³/mol. The molecule has 194 valence electrons. The van der Waals surface area contributed by atoms with Crippen molar-refractivity contribution in [2.24, 2.45) is 0 Å². The van der Waals surface area contributed by atoms with Crippen molar-refractivity contribution in [2.75, 3.05) is 32.7 Å². The Morgan fingerprint density at radius 3 is 2.28 bits per heavy atom. The number of para-hydroxylation sites is 1. The van der Waals surface area contributed by atoms with Gasteiger partial charge >= 0.3 is 12.1 Å². The van der Waals surface area contributed by atoms with E-state index in [1.807, 2.05) is 35.2 Å². The third kappa shape index (κ3) is 7.28. The molecule has 0 saturated carbocycles. The number of carbonyl (C=O) groups excluding carboxylic acids is 1. The number of fused-ring (bicyclic) bond motifs is 1. The van der Waals surface area contributed by atoms with Gasteiger partial charge in [0.2, 0.25) is 0 Å². The van der Waals surface area contributed by atoms with Gasteiger partial charge in [-0.1, -0.05) is 30.3 Å². The predicted octanol–water partition coefficient (Wildman–Crippen LogP) is 3.61. The third-order valence-corrected chi connectivity index (χ3v) is 5.83. The molecule has 0 aliphatic carbocycles. The fourth-order valence-electron chi connectivity index (χ4n) is 3.96. The number of aromatic nitrogens is 1. The first-order valence-corrected chi connectivity index (χ1v) is 11.3. The molecule has 0 bridgehead atoms. The monoisotopic (exact) mass is 509 g/mol. The van der Waals surface area contributed by atoms with Crippen LogP contribution in [0.5, 0.6) is 0 Å². The molecule has 1 unspecified atom stereocenters. The number of hydrogen-bond donors (Lipinski definition) is 3. The summed E-state index contributed by atoms with van der Waals surface area (Å²) < 4.78 is 45.1. The number of aromatic amines is 1. The van der Waals surface area contributed by atoms with E-state index in [0.717, 1.165) is 29.6 Å². The van der Waals surface area contributed by atoms with Gasteiger partial charge in [-0.2, -0.15) is 13.2 Å². The zero-order chi connectivity index (χ0) is 26.5. The van der Waals surface area contributed by atoms with Crippen LogP contribution in [0.4, 0.5) is 17.6 Å². The van der Waals surface area contributed by atoms with E-state index < -0.39 is 18.2 Å². The SMILES string of the molecule is Cc1cc(CC(O)CN2CCN(C(=O)c3cc4ccccc4[nH]3)CC2)ccc1F.O=C(O)C(F)(F)F. The fraction of sp³-hybridized carbons (Fsp3) is 0.360. The van der Waals surface area contributed by atoms with E-state index in [0.29, 0.717) is 37.3 Å². The van der Waals surface area contributed by atoms with E-state index in [9.17, 15) is 27.5 Å². The fourth-order valence-corrected chi connectivity index (χ4v) is 3.96. The van der Waals surface area contributed by atoms with Gasteiger partial charge in [-0.25, -0.2) is 9.18 Å². The van der Waals surface area contributed by atoms with Crippen LogP contribution in [0.25, 0.3) is 10.9 Å². The van der Waals surface area contributed by atoms with Crippen molar-refractivity contribution >= 4 is 22.8 Å². The summed E-state index contributed by atoms with van der Waals surface area (Å²) in [4.78, 5) is 28.9. The Morgan fingerprint density at radius 1 is 1.06 bits per heavy atom. The maximum Gasteiger partial charge on any atom is 0.490 e. The van der Waals surface area contributed by atoms with Crippen molar-refractivity contribution in [3.63, 3.8) is 0 Å². The number of carboxylic acid groups (broad SMARTS) is 1. The highest BCUT2D eigenvalue weighted by Crippen LogP contribution is 2.17. The summed E-state index contributed by atoms with van der Waals surface area (Å²) in [5.41, 5.74) is 3.11. The molecule has 1 fully saturated rings. The number of nitrogens with zero attached hydrogens (tertiary/aromatic N) is 2. The second-order valence-corrected chi connectivity index (χ2v) is 8.61. The molecule has 3 N–H and O–H groups in total. The van der Waals surface area contributed by atoms with Crippen LogP contribution in [0.3, 0.4) is 0 Å². The first kappa shape index (κ1) is 27.2. The summed E-state index contributed by atoms with van der Waals surface area (Å²) in [5, 5.41) is 18.6. The van der Waals surface area contributed by atoms with Crippen LogP contribution >= 0.6 is 0 Å². The van der Waals surface area contributed by atoms with E-state index in [2.05, 4.69) is 9.88 Å². The maximum absolute atomic E-state index is 13.4. The van der Waals surface area contributed by atoms with E-state index >= 15 is 0 Å². The van der Waals surface area contributed by atoms with Gasteiger partial charge in [0.05, 0.1) is 6.10 Å².